The molecule has 0 amide bonds. The van der Waals surface area contributed by atoms with Crippen LogP contribution < -0.4 is 0 Å². The minimum Gasteiger partial charge on any atom is -0.455 e. The van der Waals surface area contributed by atoms with Gasteiger partial charge in [-0.05, 0) is 179 Å². The van der Waals surface area contributed by atoms with Crippen LogP contribution in [-0.4, -0.2) is 38.2 Å². The molecule has 118 heavy (non-hydrogen) atoms. The van der Waals surface area contributed by atoms with Gasteiger partial charge in [0.05, 0.1) is 77.3 Å². The van der Waals surface area contributed by atoms with Crippen LogP contribution in [0.4, 0.5) is 0 Å². The van der Waals surface area contributed by atoms with E-state index in [0.717, 1.165) is 188 Å². The van der Waals surface area contributed by atoms with Crippen molar-refractivity contribution >= 4 is 174 Å². The molecule has 0 aliphatic heterocycles. The number of fused-ring (bicyclic) bond motifs is 26. The van der Waals surface area contributed by atoms with Gasteiger partial charge in [-0.2, -0.15) is 0 Å². The summed E-state index contributed by atoms with van der Waals surface area (Å²) < 4.78 is 23.2. The summed E-state index contributed by atoms with van der Waals surface area (Å²) in [6.45, 7) is 0. The zero-order valence-corrected chi connectivity index (χ0v) is 63.3. The number of hydrogen-bond donors (Lipinski definition) is 0. The smallest absolute Gasteiger partial charge is 0.160 e. The fourth-order valence-corrected chi connectivity index (χ4v) is 18.9. The van der Waals surface area contributed by atoms with E-state index in [0.29, 0.717) is 11.6 Å². The Morgan fingerprint density at radius 2 is 0.534 bits per heavy atom. The minimum atomic E-state index is 0.696. The van der Waals surface area contributed by atoms with Crippen LogP contribution in [0.15, 0.2) is 397 Å². The molecule has 10 nitrogen and oxygen atoms in total. The molecule has 8 aromatic heterocycles. The Kier molecular flexibility index (Phi) is 14.3. The van der Waals surface area contributed by atoms with E-state index >= 15 is 0 Å². The molecular weight excluding hydrogens is 1440 g/mol. The molecule has 18 aromatic carbocycles. The number of hydrogen-bond acceptors (Lipinski definition) is 6. The molecule has 26 aromatic rings. The van der Waals surface area contributed by atoms with Gasteiger partial charge in [0.2, 0.25) is 0 Å². The maximum absolute atomic E-state index is 6.76. The third kappa shape index (κ3) is 9.93. The largest absolute Gasteiger partial charge is 0.455 e. The van der Waals surface area contributed by atoms with E-state index in [1.54, 1.807) is 0 Å². The van der Waals surface area contributed by atoms with Gasteiger partial charge in [-0.15, -0.1) is 0 Å². The van der Waals surface area contributed by atoms with E-state index in [4.69, 9.17) is 28.8 Å². The molecule has 26 rings (SSSR count). The summed E-state index contributed by atoms with van der Waals surface area (Å²) in [5.41, 5.74) is 24.8. The fraction of sp³-hybridized carbons (Fsp3) is 0. The van der Waals surface area contributed by atoms with E-state index in [2.05, 4.69) is 358 Å². The first-order valence-corrected chi connectivity index (χ1v) is 40.0. The van der Waals surface area contributed by atoms with Crippen molar-refractivity contribution in [1.82, 2.24) is 38.2 Å². The van der Waals surface area contributed by atoms with Crippen molar-refractivity contribution in [3.05, 3.63) is 388 Å². The number of furan rings is 2. The summed E-state index contributed by atoms with van der Waals surface area (Å²) in [4.78, 5) is 20.4. The number of rotatable bonds is 8. The van der Waals surface area contributed by atoms with Crippen molar-refractivity contribution in [2.24, 2.45) is 0 Å². The minimum absolute atomic E-state index is 0.696. The topological polar surface area (TPSA) is 97.6 Å². The number of benzene rings is 18. The fourth-order valence-electron chi connectivity index (χ4n) is 18.9. The molecule has 0 saturated carbocycles. The Hall–Kier alpha value is -16.0. The maximum Gasteiger partial charge on any atom is 0.160 e. The second-order valence-corrected chi connectivity index (χ2v) is 30.7. The second-order valence-electron chi connectivity index (χ2n) is 30.7. The highest BCUT2D eigenvalue weighted by atomic mass is 16.3. The lowest BCUT2D eigenvalue weighted by Gasteiger charge is -2.12. The first-order chi connectivity index (χ1) is 58.5. The van der Waals surface area contributed by atoms with Gasteiger partial charge in [0.25, 0.3) is 0 Å². The predicted octanol–water partition coefficient (Wildman–Crippen LogP) is 28.4. The Balaban J connectivity index is 0.000000131. The summed E-state index contributed by atoms with van der Waals surface area (Å²) in [6, 6.07) is 138. The number of nitrogens with zero attached hydrogens (tertiary/aromatic N) is 8. The summed E-state index contributed by atoms with van der Waals surface area (Å²) in [5, 5.41) is 20.7. The second kappa shape index (κ2) is 25.7. The Labute approximate surface area is 673 Å². The predicted molar refractivity (Wildman–Crippen MR) is 488 cm³/mol. The Morgan fingerprint density at radius 1 is 0.195 bits per heavy atom. The summed E-state index contributed by atoms with van der Waals surface area (Å²) >= 11 is 0. The summed E-state index contributed by atoms with van der Waals surface area (Å²) in [7, 11) is 0. The molecule has 0 N–H and O–H groups in total. The normalized spacial score (nSPS) is 12.1. The first-order valence-electron chi connectivity index (χ1n) is 40.0. The number of para-hydroxylation sites is 6. The van der Waals surface area contributed by atoms with Crippen LogP contribution in [0.3, 0.4) is 0 Å². The quantitative estimate of drug-likeness (QED) is 0.150. The van der Waals surface area contributed by atoms with Gasteiger partial charge in [-0.3, -0.25) is 0 Å². The zero-order valence-electron chi connectivity index (χ0n) is 63.3. The summed E-state index contributed by atoms with van der Waals surface area (Å²) in [5.74, 6) is 1.40. The van der Waals surface area contributed by atoms with Crippen LogP contribution in [0.25, 0.3) is 242 Å². The van der Waals surface area contributed by atoms with Crippen LogP contribution in [-0.2, 0) is 0 Å². The maximum atomic E-state index is 6.76. The van der Waals surface area contributed by atoms with Crippen molar-refractivity contribution < 1.29 is 8.83 Å². The lowest BCUT2D eigenvalue weighted by atomic mass is 10.1. The van der Waals surface area contributed by atoms with E-state index in [-0.39, 0.29) is 0 Å². The average Bonchev–Trinajstić information content (AvgIpc) is 1.54. The van der Waals surface area contributed by atoms with Gasteiger partial charge in [0, 0.05) is 110 Å². The van der Waals surface area contributed by atoms with Gasteiger partial charge < -0.3 is 27.1 Å². The molecule has 0 radical (unpaired) electrons. The number of aromatic nitrogens is 8. The molecule has 8 heterocycles. The van der Waals surface area contributed by atoms with Gasteiger partial charge in [-0.25, -0.2) is 19.9 Å². The monoisotopic (exact) mass is 1500 g/mol. The lowest BCUT2D eigenvalue weighted by molar-refractivity contribution is 0.672. The van der Waals surface area contributed by atoms with E-state index in [1.165, 1.54) is 43.1 Å². The molecule has 0 atom stereocenters. The lowest BCUT2D eigenvalue weighted by Crippen LogP contribution is -1.97. The third-order valence-electron chi connectivity index (χ3n) is 24.2. The van der Waals surface area contributed by atoms with Gasteiger partial charge in [-0.1, -0.05) is 231 Å². The molecule has 0 aliphatic carbocycles. The van der Waals surface area contributed by atoms with Crippen molar-refractivity contribution in [1.29, 1.82) is 0 Å². The molecule has 0 fully saturated rings. The SMILES string of the molecule is c1ccc(-c2nc(-c3ccc(-n4c5ccc6c7ccccc7oc6c5c5ccc6c(c7ccccc7n6-c6ccc7ccccc7c6)c54)cc3)nc3ccccc23)cc1.c1ccc(-c2nc(-c3ccc(-n4c5ccccc5c5c4ccc4c6c7oc8ccccc8c7ccc6n(-c6ccc7ccccc7c6)c45)cc3)nc3ccccc23)cc1. The highest BCUT2D eigenvalue weighted by molar-refractivity contribution is 6.33. The molecule has 10 heteroatoms. The molecule has 0 saturated heterocycles. The Morgan fingerprint density at radius 3 is 1.00 bits per heavy atom. The van der Waals surface area contributed by atoms with Crippen LogP contribution in [0.2, 0.25) is 0 Å². The van der Waals surface area contributed by atoms with Crippen molar-refractivity contribution in [2.75, 3.05) is 0 Å². The van der Waals surface area contributed by atoms with Crippen LogP contribution in [0.5, 0.6) is 0 Å². The van der Waals surface area contributed by atoms with E-state index < -0.39 is 0 Å². The first kappa shape index (κ1) is 65.5. The highest BCUT2D eigenvalue weighted by Crippen LogP contribution is 2.49. The van der Waals surface area contributed by atoms with Gasteiger partial charge in [0.1, 0.15) is 22.3 Å². The molecular formula is C108H64N8O2. The molecule has 0 bridgehead atoms. The Bertz CT molecular complexity index is 8680. The van der Waals surface area contributed by atoms with E-state index in [9.17, 15) is 0 Å². The zero-order chi connectivity index (χ0) is 77.2. The van der Waals surface area contributed by atoms with Crippen molar-refractivity contribution in [2.45, 2.75) is 0 Å². The van der Waals surface area contributed by atoms with E-state index in [1.807, 2.05) is 48.5 Å². The van der Waals surface area contributed by atoms with Crippen LogP contribution >= 0.6 is 0 Å². The van der Waals surface area contributed by atoms with Gasteiger partial charge in [0.15, 0.2) is 11.6 Å². The third-order valence-corrected chi connectivity index (χ3v) is 24.2. The molecule has 0 aliphatic rings. The van der Waals surface area contributed by atoms with Gasteiger partial charge >= 0.3 is 0 Å². The molecule has 0 spiro atoms. The standard InChI is InChI=1S/2C54H32N4O/c1-2-13-34(14-3-1)51-41-17-6-9-19-44(41)55-54(56-51)35-23-25-37(26-24-35)58-47-30-28-40-39-16-8-11-21-48(39)59-53(40)50(47)43-29-31-46-49(52(43)58)42-18-7-10-20-45(42)57(46)38-27-22-33-12-4-5-15-36(33)32-38;1-2-13-34(14-3-1)51-41-17-6-9-19-44(41)55-54(56-51)35-23-25-37(26-24-35)57-45-20-10-7-18-42(45)49-46(57)31-29-43-50-47(30-28-40-39-16-8-11-21-48(39)59-53(40)50)58(52(43)49)38-27-22-33-12-4-5-15-36(33)32-38/h2*1-32H. The molecule has 0 unspecified atom stereocenters. The van der Waals surface area contributed by atoms with Crippen LogP contribution in [0, 0.1) is 0 Å². The van der Waals surface area contributed by atoms with Crippen molar-refractivity contribution in [3.63, 3.8) is 0 Å². The molecule has 548 valence electrons. The van der Waals surface area contributed by atoms with Crippen LogP contribution in [0.1, 0.15) is 0 Å². The highest BCUT2D eigenvalue weighted by Gasteiger charge is 2.28. The summed E-state index contributed by atoms with van der Waals surface area (Å²) in [6.07, 6.45) is 0. The van der Waals surface area contributed by atoms with Crippen molar-refractivity contribution in [3.8, 4) is 68.0 Å². The average molecular weight is 1510 g/mol.